The fourth-order valence-electron chi connectivity index (χ4n) is 1.67. The molecule has 0 spiro atoms. The molecular formula is C12H15FN2O. The highest BCUT2D eigenvalue weighted by Gasteiger charge is 2.12. The van der Waals surface area contributed by atoms with Crippen LogP contribution in [0.3, 0.4) is 0 Å². The van der Waals surface area contributed by atoms with E-state index in [9.17, 15) is 4.39 Å². The van der Waals surface area contributed by atoms with Gasteiger partial charge in [0.15, 0.2) is 0 Å². The van der Waals surface area contributed by atoms with Gasteiger partial charge < -0.3 is 15.8 Å². The summed E-state index contributed by atoms with van der Waals surface area (Å²) in [7, 11) is 0. The Morgan fingerprint density at radius 1 is 1.38 bits per heavy atom. The fraction of sp³-hybridized carbons (Fsp3) is 0.333. The van der Waals surface area contributed by atoms with E-state index in [0.717, 1.165) is 18.8 Å². The molecule has 1 aromatic carbocycles. The number of rotatable bonds is 4. The Hall–Kier alpha value is -1.71. The lowest BCUT2D eigenvalue weighted by Crippen LogP contribution is -2.17. The quantitative estimate of drug-likeness (QED) is 0.813. The van der Waals surface area contributed by atoms with Crippen LogP contribution < -0.4 is 15.8 Å². The third-order valence-corrected chi connectivity index (χ3v) is 2.55. The maximum absolute atomic E-state index is 12.6. The Morgan fingerprint density at radius 2 is 2.12 bits per heavy atom. The summed E-state index contributed by atoms with van der Waals surface area (Å²) in [6.45, 7) is 1.49. The van der Waals surface area contributed by atoms with E-state index in [1.165, 1.54) is 12.1 Å². The van der Waals surface area contributed by atoms with Crippen molar-refractivity contribution in [1.29, 1.82) is 0 Å². The predicted octanol–water partition coefficient (Wildman–Crippen LogP) is 1.61. The molecule has 0 radical (unpaired) electrons. The van der Waals surface area contributed by atoms with E-state index in [-0.39, 0.29) is 5.82 Å². The SMILES string of the molecule is NC1=C[C@H](CCOc2ccc(F)cc2)CN1. The van der Waals surface area contributed by atoms with Crippen molar-refractivity contribution in [3.63, 3.8) is 0 Å². The van der Waals surface area contributed by atoms with Gasteiger partial charge in [0.25, 0.3) is 0 Å². The minimum absolute atomic E-state index is 0.247. The molecule has 3 N–H and O–H groups in total. The van der Waals surface area contributed by atoms with E-state index in [4.69, 9.17) is 10.5 Å². The number of nitrogens with two attached hydrogens (primary N) is 1. The molecular weight excluding hydrogens is 207 g/mol. The zero-order valence-corrected chi connectivity index (χ0v) is 8.95. The van der Waals surface area contributed by atoms with Crippen LogP contribution in [-0.4, -0.2) is 13.2 Å². The molecule has 3 nitrogen and oxygen atoms in total. The molecule has 1 atom stereocenters. The van der Waals surface area contributed by atoms with E-state index in [0.29, 0.717) is 18.3 Å². The van der Waals surface area contributed by atoms with Gasteiger partial charge in [0, 0.05) is 12.5 Å². The number of hydrogen-bond acceptors (Lipinski definition) is 3. The summed E-state index contributed by atoms with van der Waals surface area (Å²) in [6, 6.07) is 6.05. The second-order valence-corrected chi connectivity index (χ2v) is 3.85. The van der Waals surface area contributed by atoms with Crippen molar-refractivity contribution < 1.29 is 9.13 Å². The van der Waals surface area contributed by atoms with Gasteiger partial charge >= 0.3 is 0 Å². The van der Waals surface area contributed by atoms with Gasteiger partial charge in [-0.05, 0) is 36.8 Å². The highest BCUT2D eigenvalue weighted by molar-refractivity contribution is 5.22. The Balaban J connectivity index is 1.74. The monoisotopic (exact) mass is 222 g/mol. The maximum Gasteiger partial charge on any atom is 0.123 e. The zero-order valence-electron chi connectivity index (χ0n) is 8.95. The van der Waals surface area contributed by atoms with Crippen LogP contribution in [0, 0.1) is 11.7 Å². The molecule has 0 bridgehead atoms. The molecule has 0 saturated heterocycles. The summed E-state index contributed by atoms with van der Waals surface area (Å²) < 4.78 is 18.1. The van der Waals surface area contributed by atoms with Crippen molar-refractivity contribution in [2.45, 2.75) is 6.42 Å². The summed E-state index contributed by atoms with van der Waals surface area (Å²) >= 11 is 0. The first-order valence-corrected chi connectivity index (χ1v) is 5.33. The molecule has 0 aromatic heterocycles. The van der Waals surface area contributed by atoms with E-state index in [1.54, 1.807) is 12.1 Å². The zero-order chi connectivity index (χ0) is 11.4. The summed E-state index contributed by atoms with van der Waals surface area (Å²) in [6.07, 6.45) is 2.92. The van der Waals surface area contributed by atoms with Gasteiger partial charge in [0.2, 0.25) is 0 Å². The highest BCUT2D eigenvalue weighted by atomic mass is 19.1. The summed E-state index contributed by atoms with van der Waals surface area (Å²) in [5, 5.41) is 3.06. The number of benzene rings is 1. The minimum atomic E-state index is -0.247. The van der Waals surface area contributed by atoms with Gasteiger partial charge in [-0.15, -0.1) is 0 Å². The highest BCUT2D eigenvalue weighted by Crippen LogP contribution is 2.14. The molecule has 1 heterocycles. The first-order valence-electron chi connectivity index (χ1n) is 5.33. The maximum atomic E-state index is 12.6. The van der Waals surface area contributed by atoms with Crippen molar-refractivity contribution in [1.82, 2.24) is 5.32 Å². The van der Waals surface area contributed by atoms with Crippen LogP contribution in [0.25, 0.3) is 0 Å². The fourth-order valence-corrected chi connectivity index (χ4v) is 1.67. The van der Waals surface area contributed by atoms with E-state index in [1.807, 2.05) is 6.08 Å². The molecule has 0 saturated carbocycles. The van der Waals surface area contributed by atoms with Crippen LogP contribution in [0.1, 0.15) is 6.42 Å². The normalized spacial score (nSPS) is 19.1. The molecule has 0 unspecified atom stereocenters. The predicted molar refractivity (Wildman–Crippen MR) is 60.3 cm³/mol. The summed E-state index contributed by atoms with van der Waals surface area (Å²) in [4.78, 5) is 0. The molecule has 1 aromatic rings. The molecule has 86 valence electrons. The van der Waals surface area contributed by atoms with Crippen molar-refractivity contribution >= 4 is 0 Å². The van der Waals surface area contributed by atoms with Crippen molar-refractivity contribution in [3.05, 3.63) is 42.0 Å². The van der Waals surface area contributed by atoms with Crippen LogP contribution >= 0.6 is 0 Å². The Morgan fingerprint density at radius 3 is 2.75 bits per heavy atom. The summed E-state index contributed by atoms with van der Waals surface area (Å²) in [5.74, 6) is 1.62. The van der Waals surface area contributed by atoms with Gasteiger partial charge in [-0.3, -0.25) is 0 Å². The lowest BCUT2D eigenvalue weighted by Gasteiger charge is -2.08. The van der Waals surface area contributed by atoms with Gasteiger partial charge in [0.05, 0.1) is 12.4 Å². The van der Waals surface area contributed by atoms with E-state index in [2.05, 4.69) is 5.32 Å². The van der Waals surface area contributed by atoms with E-state index >= 15 is 0 Å². The average Bonchev–Trinajstić information content (AvgIpc) is 2.67. The Kier molecular flexibility index (Phi) is 3.29. The third-order valence-electron chi connectivity index (χ3n) is 2.55. The average molecular weight is 222 g/mol. The van der Waals surface area contributed by atoms with Crippen LogP contribution in [0.5, 0.6) is 5.75 Å². The van der Waals surface area contributed by atoms with Crippen LogP contribution in [-0.2, 0) is 0 Å². The van der Waals surface area contributed by atoms with Crippen molar-refractivity contribution in [2.75, 3.05) is 13.2 Å². The van der Waals surface area contributed by atoms with Gasteiger partial charge in [0.1, 0.15) is 11.6 Å². The molecule has 4 heteroatoms. The third kappa shape index (κ3) is 2.89. The van der Waals surface area contributed by atoms with Gasteiger partial charge in [-0.1, -0.05) is 0 Å². The topological polar surface area (TPSA) is 47.3 Å². The number of hydrogen-bond donors (Lipinski definition) is 2. The number of halogens is 1. The van der Waals surface area contributed by atoms with Crippen LogP contribution in [0.2, 0.25) is 0 Å². The second kappa shape index (κ2) is 4.88. The lowest BCUT2D eigenvalue weighted by molar-refractivity contribution is 0.293. The van der Waals surface area contributed by atoms with Crippen molar-refractivity contribution in [2.24, 2.45) is 11.7 Å². The summed E-state index contributed by atoms with van der Waals surface area (Å²) in [5.41, 5.74) is 5.59. The lowest BCUT2D eigenvalue weighted by atomic mass is 10.1. The largest absolute Gasteiger partial charge is 0.494 e. The van der Waals surface area contributed by atoms with Gasteiger partial charge in [-0.25, -0.2) is 4.39 Å². The molecule has 2 rings (SSSR count). The Labute approximate surface area is 94.1 Å². The first-order chi connectivity index (χ1) is 7.74. The Bertz CT molecular complexity index is 375. The molecule has 16 heavy (non-hydrogen) atoms. The number of nitrogens with one attached hydrogen (secondary N) is 1. The van der Waals surface area contributed by atoms with Gasteiger partial charge in [-0.2, -0.15) is 0 Å². The first kappa shape index (κ1) is 10.8. The van der Waals surface area contributed by atoms with Crippen molar-refractivity contribution in [3.8, 4) is 5.75 Å². The molecule has 0 amide bonds. The minimum Gasteiger partial charge on any atom is -0.494 e. The second-order valence-electron chi connectivity index (χ2n) is 3.85. The van der Waals surface area contributed by atoms with E-state index < -0.39 is 0 Å². The smallest absolute Gasteiger partial charge is 0.123 e. The molecule has 1 aliphatic rings. The molecule has 0 aliphatic carbocycles. The van der Waals surface area contributed by atoms with Crippen LogP contribution in [0.4, 0.5) is 4.39 Å². The standard InChI is InChI=1S/C12H15FN2O/c13-10-1-3-11(4-2-10)16-6-5-9-7-12(14)15-8-9/h1-4,7,9,15H,5-6,8,14H2/t9-/m0/s1. The van der Waals surface area contributed by atoms with Crippen LogP contribution in [0.15, 0.2) is 36.2 Å². The number of ether oxygens (including phenoxy) is 1. The molecule has 1 aliphatic heterocycles. The molecule has 0 fully saturated rings.